The fraction of sp³-hybridized carbons (Fsp3) is 0.545. The highest BCUT2D eigenvalue weighted by Crippen LogP contribution is 2.08. The maximum absolute atomic E-state index is 11.4. The first-order chi connectivity index (χ1) is 8.52. The molecular weight excluding hydrogens is 254 g/mol. The van der Waals surface area contributed by atoms with Crippen molar-refractivity contribution in [1.29, 1.82) is 0 Å². The van der Waals surface area contributed by atoms with Gasteiger partial charge in [0.05, 0.1) is 5.01 Å². The molecule has 0 radical (unpaired) electrons. The molecule has 1 aromatic rings. The number of hydrogen-bond donors (Lipinski definition) is 3. The average Bonchev–Trinajstić information content (AvgIpc) is 2.71. The number of aliphatic carboxylic acids is 1. The second-order valence-electron chi connectivity index (χ2n) is 3.83. The Kier molecular flexibility index (Phi) is 5.57. The van der Waals surface area contributed by atoms with E-state index in [9.17, 15) is 9.59 Å². The third-order valence-electron chi connectivity index (χ3n) is 2.30. The van der Waals surface area contributed by atoms with E-state index in [2.05, 4.69) is 15.6 Å². The van der Waals surface area contributed by atoms with Crippen LogP contribution in [0.1, 0.15) is 24.0 Å². The van der Waals surface area contributed by atoms with Crippen LogP contribution in [0.2, 0.25) is 0 Å². The molecule has 0 aliphatic heterocycles. The third kappa shape index (κ3) is 4.70. The molecule has 0 aliphatic carbocycles. The van der Waals surface area contributed by atoms with Gasteiger partial charge >= 0.3 is 12.0 Å². The molecule has 0 bridgehead atoms. The highest BCUT2D eigenvalue weighted by molar-refractivity contribution is 7.09. The van der Waals surface area contributed by atoms with Crippen LogP contribution in [0.3, 0.4) is 0 Å². The zero-order valence-electron chi connectivity index (χ0n) is 10.4. The zero-order valence-corrected chi connectivity index (χ0v) is 11.2. The maximum Gasteiger partial charge on any atom is 0.326 e. The molecule has 0 saturated carbocycles. The molecule has 0 aliphatic rings. The Hall–Kier alpha value is -1.63. The second kappa shape index (κ2) is 6.95. The number of carbonyl (C=O) groups is 2. The number of nitrogens with zero attached hydrogens (tertiary/aromatic N) is 1. The van der Waals surface area contributed by atoms with E-state index in [4.69, 9.17) is 5.11 Å². The van der Waals surface area contributed by atoms with Gasteiger partial charge in [-0.2, -0.15) is 0 Å². The van der Waals surface area contributed by atoms with Crippen molar-refractivity contribution in [1.82, 2.24) is 15.6 Å². The van der Waals surface area contributed by atoms with Gasteiger partial charge < -0.3 is 15.7 Å². The molecule has 2 amide bonds. The van der Waals surface area contributed by atoms with E-state index in [1.807, 2.05) is 12.3 Å². The number of hydrogen-bond acceptors (Lipinski definition) is 4. The number of amides is 2. The normalized spacial score (nSPS) is 11.9. The topological polar surface area (TPSA) is 91.3 Å². The number of carbonyl (C=O) groups excluding carboxylic acids is 1. The smallest absolute Gasteiger partial charge is 0.326 e. The van der Waals surface area contributed by atoms with E-state index >= 15 is 0 Å². The quantitative estimate of drug-likeness (QED) is 0.724. The number of aromatic nitrogens is 1. The van der Waals surface area contributed by atoms with E-state index < -0.39 is 18.0 Å². The Morgan fingerprint density at radius 3 is 2.78 bits per heavy atom. The summed E-state index contributed by atoms with van der Waals surface area (Å²) >= 11 is 1.55. The summed E-state index contributed by atoms with van der Waals surface area (Å²) in [6, 6.07) is -1.30. The van der Waals surface area contributed by atoms with Gasteiger partial charge in [-0.25, -0.2) is 14.6 Å². The lowest BCUT2D eigenvalue weighted by molar-refractivity contribution is -0.139. The predicted molar refractivity (Wildman–Crippen MR) is 68.8 cm³/mol. The van der Waals surface area contributed by atoms with Gasteiger partial charge in [0, 0.05) is 24.0 Å². The van der Waals surface area contributed by atoms with E-state index in [0.717, 1.165) is 10.7 Å². The van der Waals surface area contributed by atoms with Crippen LogP contribution >= 0.6 is 11.3 Å². The van der Waals surface area contributed by atoms with Crippen molar-refractivity contribution in [2.75, 3.05) is 6.54 Å². The van der Waals surface area contributed by atoms with Crippen molar-refractivity contribution in [2.24, 2.45) is 0 Å². The van der Waals surface area contributed by atoms with Crippen LogP contribution in [0.15, 0.2) is 5.38 Å². The number of nitrogens with one attached hydrogen (secondary N) is 2. The van der Waals surface area contributed by atoms with Crippen molar-refractivity contribution in [3.63, 3.8) is 0 Å². The first-order valence-corrected chi connectivity index (χ1v) is 6.59. The van der Waals surface area contributed by atoms with Crippen LogP contribution in [0, 0.1) is 6.92 Å². The number of aryl methyl sites for hydroxylation is 1. The van der Waals surface area contributed by atoms with E-state index in [0.29, 0.717) is 19.4 Å². The van der Waals surface area contributed by atoms with Crippen molar-refractivity contribution >= 4 is 23.3 Å². The summed E-state index contributed by atoms with van der Waals surface area (Å²) in [5, 5.41) is 16.7. The molecule has 3 N–H and O–H groups in total. The fourth-order valence-electron chi connectivity index (χ4n) is 1.35. The third-order valence-corrected chi connectivity index (χ3v) is 3.33. The Morgan fingerprint density at radius 1 is 1.56 bits per heavy atom. The number of carboxylic acids is 1. The van der Waals surface area contributed by atoms with Crippen LogP contribution in [-0.4, -0.2) is 34.7 Å². The van der Waals surface area contributed by atoms with E-state index in [1.165, 1.54) is 0 Å². The van der Waals surface area contributed by atoms with Gasteiger partial charge in [-0.15, -0.1) is 11.3 Å². The Labute approximate surface area is 109 Å². The molecule has 1 aromatic heterocycles. The second-order valence-corrected chi connectivity index (χ2v) is 4.77. The molecule has 1 atom stereocenters. The van der Waals surface area contributed by atoms with Gasteiger partial charge in [0.15, 0.2) is 0 Å². The lowest BCUT2D eigenvalue weighted by atomic mass is 10.2. The summed E-state index contributed by atoms with van der Waals surface area (Å²) < 4.78 is 0. The Morgan fingerprint density at radius 2 is 2.28 bits per heavy atom. The molecular formula is C11H17N3O3S. The minimum Gasteiger partial charge on any atom is -0.480 e. The fourth-order valence-corrected chi connectivity index (χ4v) is 2.12. The molecule has 0 aromatic carbocycles. The summed E-state index contributed by atoms with van der Waals surface area (Å²) in [5.41, 5.74) is 0.969. The van der Waals surface area contributed by atoms with Crippen molar-refractivity contribution < 1.29 is 14.7 Å². The highest BCUT2D eigenvalue weighted by Gasteiger charge is 2.16. The van der Waals surface area contributed by atoms with Crippen molar-refractivity contribution in [3.8, 4) is 0 Å². The zero-order chi connectivity index (χ0) is 13.5. The van der Waals surface area contributed by atoms with Crippen molar-refractivity contribution in [2.45, 2.75) is 32.7 Å². The van der Waals surface area contributed by atoms with Gasteiger partial charge in [0.25, 0.3) is 0 Å². The van der Waals surface area contributed by atoms with Gasteiger partial charge in [0.1, 0.15) is 6.04 Å². The summed E-state index contributed by atoms with van der Waals surface area (Å²) in [6.45, 7) is 4.06. The molecule has 0 spiro atoms. The molecule has 1 rings (SSSR count). The minimum absolute atomic E-state index is 0.356. The number of urea groups is 1. The molecule has 7 heteroatoms. The minimum atomic E-state index is -1.02. The van der Waals surface area contributed by atoms with Crippen LogP contribution in [0.4, 0.5) is 4.79 Å². The van der Waals surface area contributed by atoms with E-state index in [-0.39, 0.29) is 0 Å². The van der Waals surface area contributed by atoms with Crippen LogP contribution < -0.4 is 10.6 Å². The number of thiazole rings is 1. The van der Waals surface area contributed by atoms with Crippen LogP contribution in [0.25, 0.3) is 0 Å². The summed E-state index contributed by atoms with van der Waals surface area (Å²) in [5.74, 6) is -1.02. The Bertz CT molecular complexity index is 419. The largest absolute Gasteiger partial charge is 0.480 e. The lowest BCUT2D eigenvalue weighted by Gasteiger charge is -2.12. The average molecular weight is 271 g/mol. The summed E-state index contributed by atoms with van der Waals surface area (Å²) in [7, 11) is 0. The SMILES string of the molecule is CC[C@H](NC(=O)NCCc1nc(C)cs1)C(=O)O. The summed E-state index contributed by atoms with van der Waals surface area (Å²) in [4.78, 5) is 26.4. The standard InChI is InChI=1S/C11H17N3O3S/c1-3-8(10(15)16)14-11(17)12-5-4-9-13-7(2)6-18-9/h6,8H,3-5H2,1-2H3,(H,15,16)(H2,12,14,17)/t8-/m0/s1. The molecule has 0 unspecified atom stereocenters. The predicted octanol–water partition coefficient (Wildman–Crippen LogP) is 1.16. The van der Waals surface area contributed by atoms with Gasteiger partial charge in [-0.3, -0.25) is 0 Å². The Balaban J connectivity index is 2.26. The molecule has 6 nitrogen and oxygen atoms in total. The molecule has 0 saturated heterocycles. The van der Waals surface area contributed by atoms with Gasteiger partial charge in [0.2, 0.25) is 0 Å². The van der Waals surface area contributed by atoms with Crippen LogP contribution in [-0.2, 0) is 11.2 Å². The first-order valence-electron chi connectivity index (χ1n) is 5.71. The molecule has 1 heterocycles. The van der Waals surface area contributed by atoms with Gasteiger partial charge in [-0.05, 0) is 13.3 Å². The number of carboxylic acid groups (broad SMARTS) is 1. The molecule has 18 heavy (non-hydrogen) atoms. The maximum atomic E-state index is 11.4. The first kappa shape index (κ1) is 14.4. The monoisotopic (exact) mass is 271 g/mol. The van der Waals surface area contributed by atoms with Crippen LogP contribution in [0.5, 0.6) is 0 Å². The number of rotatable bonds is 6. The van der Waals surface area contributed by atoms with E-state index in [1.54, 1.807) is 18.3 Å². The lowest BCUT2D eigenvalue weighted by Crippen LogP contribution is -2.46. The summed E-state index contributed by atoms with van der Waals surface area (Å²) in [6.07, 6.45) is 1.00. The molecule has 100 valence electrons. The highest BCUT2D eigenvalue weighted by atomic mass is 32.1. The van der Waals surface area contributed by atoms with Gasteiger partial charge in [-0.1, -0.05) is 6.92 Å². The molecule has 0 fully saturated rings. The van der Waals surface area contributed by atoms with Crippen molar-refractivity contribution in [3.05, 3.63) is 16.1 Å².